The second-order valence-electron chi connectivity index (χ2n) is 3.49. The van der Waals surface area contributed by atoms with Crippen molar-refractivity contribution in [2.24, 2.45) is 0 Å². The Balaban J connectivity index is 0.00000128. The Morgan fingerprint density at radius 2 is 2.00 bits per heavy atom. The maximum Gasteiger partial charge on any atom is 0.159 e. The van der Waals surface area contributed by atoms with Crippen molar-refractivity contribution in [3.63, 3.8) is 0 Å². The number of carbonyl (C=O) groups is 1. The average Bonchev–Trinajstić information content (AvgIpc) is 2.71. The molecule has 0 atom stereocenters. The molecular formula is C12H13ClN2O. The predicted molar refractivity (Wildman–Crippen MR) is 65.0 cm³/mol. The van der Waals surface area contributed by atoms with Gasteiger partial charge in [0.1, 0.15) is 0 Å². The van der Waals surface area contributed by atoms with Gasteiger partial charge in [0, 0.05) is 24.5 Å². The van der Waals surface area contributed by atoms with Gasteiger partial charge in [-0.1, -0.05) is 24.3 Å². The van der Waals surface area contributed by atoms with E-state index < -0.39 is 0 Å². The number of Topliss-reactive ketones (excluding diaryl/α,β-unsaturated/α-hetero) is 1. The van der Waals surface area contributed by atoms with E-state index in [1.165, 1.54) is 0 Å². The zero-order chi connectivity index (χ0) is 10.7. The molecule has 16 heavy (non-hydrogen) atoms. The molecule has 0 fully saturated rings. The average molecular weight is 237 g/mol. The summed E-state index contributed by atoms with van der Waals surface area (Å²) in [6, 6.07) is 7.65. The normalized spacial score (nSPS) is 9.56. The van der Waals surface area contributed by atoms with Gasteiger partial charge < -0.3 is 4.57 Å². The highest BCUT2D eigenvalue weighted by Crippen LogP contribution is 2.06. The zero-order valence-electron chi connectivity index (χ0n) is 8.96. The lowest BCUT2D eigenvalue weighted by Crippen LogP contribution is -1.97. The molecule has 0 N–H and O–H groups in total. The van der Waals surface area contributed by atoms with E-state index in [-0.39, 0.29) is 18.2 Å². The van der Waals surface area contributed by atoms with Gasteiger partial charge in [0.2, 0.25) is 0 Å². The lowest BCUT2D eigenvalue weighted by atomic mass is 10.1. The molecule has 0 aliphatic heterocycles. The minimum absolute atomic E-state index is 0. The molecule has 0 spiro atoms. The van der Waals surface area contributed by atoms with Crippen LogP contribution >= 0.6 is 12.4 Å². The van der Waals surface area contributed by atoms with Crippen molar-refractivity contribution < 1.29 is 4.79 Å². The third-order valence-electron chi connectivity index (χ3n) is 2.28. The molecule has 2 rings (SSSR count). The number of hydrogen-bond donors (Lipinski definition) is 0. The summed E-state index contributed by atoms with van der Waals surface area (Å²) < 4.78 is 1.99. The predicted octanol–water partition coefficient (Wildman–Crippen LogP) is 2.56. The van der Waals surface area contributed by atoms with Crippen molar-refractivity contribution in [1.29, 1.82) is 0 Å². The number of imidazole rings is 1. The smallest absolute Gasteiger partial charge is 0.159 e. The molecule has 0 amide bonds. The molecule has 84 valence electrons. The second-order valence-corrected chi connectivity index (χ2v) is 3.49. The summed E-state index contributed by atoms with van der Waals surface area (Å²) in [5, 5.41) is 0. The summed E-state index contributed by atoms with van der Waals surface area (Å²) in [4.78, 5) is 15.0. The van der Waals surface area contributed by atoms with Gasteiger partial charge in [0.15, 0.2) is 5.78 Å². The highest BCUT2D eigenvalue weighted by molar-refractivity contribution is 5.93. The molecule has 0 aliphatic rings. The third kappa shape index (κ3) is 2.94. The molecule has 2 aromatic rings. The van der Waals surface area contributed by atoms with Gasteiger partial charge in [0.05, 0.1) is 6.33 Å². The Bertz CT molecular complexity index is 448. The Morgan fingerprint density at radius 1 is 1.31 bits per heavy atom. The Morgan fingerprint density at radius 3 is 2.50 bits per heavy atom. The van der Waals surface area contributed by atoms with Crippen LogP contribution in [-0.2, 0) is 6.54 Å². The summed E-state index contributed by atoms with van der Waals surface area (Å²) >= 11 is 0. The topological polar surface area (TPSA) is 34.9 Å². The number of carbonyl (C=O) groups excluding carboxylic acids is 1. The lowest BCUT2D eigenvalue weighted by molar-refractivity contribution is 0.101. The maximum absolute atomic E-state index is 11.1. The molecule has 0 saturated carbocycles. The van der Waals surface area contributed by atoms with Crippen LogP contribution in [0.25, 0.3) is 0 Å². The summed E-state index contributed by atoms with van der Waals surface area (Å²) in [6.45, 7) is 2.36. The monoisotopic (exact) mass is 236 g/mol. The molecule has 4 heteroatoms. The van der Waals surface area contributed by atoms with Crippen molar-refractivity contribution in [2.45, 2.75) is 13.5 Å². The van der Waals surface area contributed by atoms with Crippen LogP contribution in [0.3, 0.4) is 0 Å². The maximum atomic E-state index is 11.1. The fourth-order valence-corrected chi connectivity index (χ4v) is 1.44. The number of hydrogen-bond acceptors (Lipinski definition) is 2. The van der Waals surface area contributed by atoms with Crippen LogP contribution in [0.2, 0.25) is 0 Å². The summed E-state index contributed by atoms with van der Waals surface area (Å²) in [7, 11) is 0. The number of halogens is 1. The number of nitrogens with zero attached hydrogens (tertiary/aromatic N) is 2. The second kappa shape index (κ2) is 5.47. The van der Waals surface area contributed by atoms with Crippen molar-refractivity contribution in [1.82, 2.24) is 9.55 Å². The standard InChI is InChI=1S/C12H12N2O.ClH/c1-10(15)12-4-2-11(3-5-12)8-14-7-6-13-9-14;/h2-7,9H,8H2,1H3;1H. The van der Waals surface area contributed by atoms with Crippen molar-refractivity contribution in [3.8, 4) is 0 Å². The van der Waals surface area contributed by atoms with Gasteiger partial charge in [-0.2, -0.15) is 0 Å². The number of rotatable bonds is 3. The van der Waals surface area contributed by atoms with Crippen LogP contribution in [0.5, 0.6) is 0 Å². The van der Waals surface area contributed by atoms with E-state index in [1.54, 1.807) is 19.4 Å². The fourth-order valence-electron chi connectivity index (χ4n) is 1.44. The Hall–Kier alpha value is -1.61. The number of aromatic nitrogens is 2. The van der Waals surface area contributed by atoms with Crippen LogP contribution < -0.4 is 0 Å². The van der Waals surface area contributed by atoms with Crippen molar-refractivity contribution >= 4 is 18.2 Å². The van der Waals surface area contributed by atoms with E-state index in [0.717, 1.165) is 17.7 Å². The summed E-state index contributed by atoms with van der Waals surface area (Å²) in [6.07, 6.45) is 5.45. The molecule has 0 bridgehead atoms. The molecule has 0 unspecified atom stereocenters. The Labute approximate surface area is 101 Å². The quantitative estimate of drug-likeness (QED) is 0.768. The van der Waals surface area contributed by atoms with E-state index in [1.807, 2.05) is 35.0 Å². The largest absolute Gasteiger partial charge is 0.333 e. The number of ketones is 1. The first kappa shape index (κ1) is 12.5. The molecule has 3 nitrogen and oxygen atoms in total. The van der Waals surface area contributed by atoms with Crippen LogP contribution in [0.4, 0.5) is 0 Å². The van der Waals surface area contributed by atoms with Gasteiger partial charge in [-0.05, 0) is 12.5 Å². The lowest BCUT2D eigenvalue weighted by Gasteiger charge is -2.02. The molecule has 1 aromatic heterocycles. The van der Waals surface area contributed by atoms with E-state index >= 15 is 0 Å². The minimum Gasteiger partial charge on any atom is -0.333 e. The SMILES string of the molecule is CC(=O)c1ccc(Cn2ccnc2)cc1.Cl. The van der Waals surface area contributed by atoms with Crippen LogP contribution in [0.15, 0.2) is 43.0 Å². The first-order valence-corrected chi connectivity index (χ1v) is 4.81. The van der Waals surface area contributed by atoms with Crippen LogP contribution in [0.1, 0.15) is 22.8 Å². The first-order chi connectivity index (χ1) is 7.25. The van der Waals surface area contributed by atoms with Crippen molar-refractivity contribution in [2.75, 3.05) is 0 Å². The third-order valence-corrected chi connectivity index (χ3v) is 2.28. The van der Waals surface area contributed by atoms with Crippen LogP contribution in [0, 0.1) is 0 Å². The molecule has 0 saturated heterocycles. The first-order valence-electron chi connectivity index (χ1n) is 4.81. The van der Waals surface area contributed by atoms with Gasteiger partial charge in [-0.3, -0.25) is 4.79 Å². The van der Waals surface area contributed by atoms with E-state index in [0.29, 0.717) is 0 Å². The summed E-state index contributed by atoms with van der Waals surface area (Å²) in [5.41, 5.74) is 1.92. The molecule has 1 heterocycles. The zero-order valence-corrected chi connectivity index (χ0v) is 9.78. The van der Waals surface area contributed by atoms with E-state index in [4.69, 9.17) is 0 Å². The highest BCUT2D eigenvalue weighted by atomic mass is 35.5. The summed E-state index contributed by atoms with van der Waals surface area (Å²) in [5.74, 6) is 0.101. The van der Waals surface area contributed by atoms with E-state index in [2.05, 4.69) is 4.98 Å². The van der Waals surface area contributed by atoms with Gasteiger partial charge >= 0.3 is 0 Å². The van der Waals surface area contributed by atoms with Gasteiger partial charge in [-0.15, -0.1) is 12.4 Å². The van der Waals surface area contributed by atoms with Gasteiger partial charge in [-0.25, -0.2) is 4.98 Å². The molecule has 0 aliphatic carbocycles. The van der Waals surface area contributed by atoms with Gasteiger partial charge in [0.25, 0.3) is 0 Å². The molecule has 1 aromatic carbocycles. The minimum atomic E-state index is 0. The fraction of sp³-hybridized carbons (Fsp3) is 0.167. The highest BCUT2D eigenvalue weighted by Gasteiger charge is 1.99. The Kier molecular flexibility index (Phi) is 4.26. The van der Waals surface area contributed by atoms with E-state index in [9.17, 15) is 4.79 Å². The molecular weight excluding hydrogens is 224 g/mol. The van der Waals surface area contributed by atoms with Crippen molar-refractivity contribution in [3.05, 3.63) is 54.1 Å². The number of benzene rings is 1. The molecule has 0 radical (unpaired) electrons. The van der Waals surface area contributed by atoms with Crippen LogP contribution in [-0.4, -0.2) is 15.3 Å².